The molecule has 1 unspecified atom stereocenters. The molecule has 0 aliphatic rings. The van der Waals surface area contributed by atoms with E-state index in [0.717, 1.165) is 0 Å². The molecule has 0 fully saturated rings. The van der Waals surface area contributed by atoms with Crippen LogP contribution in [0.5, 0.6) is 0 Å². The van der Waals surface area contributed by atoms with Crippen LogP contribution in [0.1, 0.15) is 45.5 Å². The second-order valence-corrected chi connectivity index (χ2v) is 5.00. The Bertz CT molecular complexity index is 633. The average Bonchev–Trinajstić information content (AvgIpc) is 2.50. The summed E-state index contributed by atoms with van der Waals surface area (Å²) in [4.78, 5) is 33.6. The van der Waals surface area contributed by atoms with E-state index in [-0.39, 0.29) is 35.3 Å². The normalized spacial score (nSPS) is 11.6. The SMILES string of the molecule is C=C(C)C(=O)OCCC(CO)c1cc(C(=O)O)ccc1C(=O)O. The third-order valence-electron chi connectivity index (χ3n) is 3.24. The second kappa shape index (κ2) is 8.09. The average molecular weight is 322 g/mol. The highest BCUT2D eigenvalue weighted by Crippen LogP contribution is 2.25. The Hall–Kier alpha value is -2.67. The van der Waals surface area contributed by atoms with Crippen molar-refractivity contribution in [2.75, 3.05) is 13.2 Å². The molecule has 0 bridgehead atoms. The van der Waals surface area contributed by atoms with Crippen LogP contribution in [0.25, 0.3) is 0 Å². The van der Waals surface area contributed by atoms with E-state index in [1.807, 2.05) is 0 Å². The maximum atomic E-state index is 11.3. The Morgan fingerprint density at radius 2 is 1.87 bits per heavy atom. The van der Waals surface area contributed by atoms with Gasteiger partial charge in [0.1, 0.15) is 0 Å². The van der Waals surface area contributed by atoms with E-state index in [4.69, 9.17) is 9.84 Å². The summed E-state index contributed by atoms with van der Waals surface area (Å²) in [6.07, 6.45) is 0.152. The molecule has 1 aromatic rings. The molecule has 124 valence electrons. The monoisotopic (exact) mass is 322 g/mol. The first-order valence-corrected chi connectivity index (χ1v) is 6.82. The van der Waals surface area contributed by atoms with Crippen LogP contribution in [0.2, 0.25) is 0 Å². The van der Waals surface area contributed by atoms with E-state index in [0.29, 0.717) is 0 Å². The largest absolute Gasteiger partial charge is 0.478 e. The van der Waals surface area contributed by atoms with Crippen molar-refractivity contribution in [1.82, 2.24) is 0 Å². The smallest absolute Gasteiger partial charge is 0.335 e. The molecular formula is C16H18O7. The van der Waals surface area contributed by atoms with Gasteiger partial charge in [0.2, 0.25) is 0 Å². The number of esters is 1. The van der Waals surface area contributed by atoms with E-state index >= 15 is 0 Å². The fraction of sp³-hybridized carbons (Fsp3) is 0.312. The Balaban J connectivity index is 3.00. The van der Waals surface area contributed by atoms with E-state index < -0.39 is 30.4 Å². The molecule has 1 aromatic carbocycles. The maximum absolute atomic E-state index is 11.3. The van der Waals surface area contributed by atoms with Gasteiger partial charge in [0.05, 0.1) is 24.3 Å². The van der Waals surface area contributed by atoms with Crippen LogP contribution >= 0.6 is 0 Å². The summed E-state index contributed by atoms with van der Waals surface area (Å²) in [7, 11) is 0. The molecule has 0 radical (unpaired) electrons. The van der Waals surface area contributed by atoms with E-state index in [1.165, 1.54) is 25.1 Å². The Morgan fingerprint density at radius 1 is 1.22 bits per heavy atom. The highest BCUT2D eigenvalue weighted by Gasteiger charge is 2.21. The standard InChI is InChI=1S/C16H18O7/c1-9(2)16(22)23-6-5-11(8-17)13-7-10(14(18)19)3-4-12(13)15(20)21/h3-4,7,11,17H,1,5-6,8H2,2H3,(H,18,19)(H,20,21). The lowest BCUT2D eigenvalue weighted by Gasteiger charge is -2.17. The summed E-state index contributed by atoms with van der Waals surface area (Å²) < 4.78 is 4.92. The number of carboxylic acids is 2. The summed E-state index contributed by atoms with van der Waals surface area (Å²) in [5, 5.41) is 27.7. The van der Waals surface area contributed by atoms with Gasteiger partial charge in [0.25, 0.3) is 0 Å². The number of hydrogen-bond acceptors (Lipinski definition) is 5. The van der Waals surface area contributed by atoms with Crippen LogP contribution in [-0.4, -0.2) is 46.4 Å². The molecule has 0 aromatic heterocycles. The zero-order chi connectivity index (χ0) is 17.6. The van der Waals surface area contributed by atoms with Gasteiger partial charge in [-0.3, -0.25) is 0 Å². The molecule has 23 heavy (non-hydrogen) atoms. The number of ether oxygens (including phenoxy) is 1. The molecule has 0 saturated heterocycles. The summed E-state index contributed by atoms with van der Waals surface area (Å²) in [5.41, 5.74) is 0.235. The summed E-state index contributed by atoms with van der Waals surface area (Å²) >= 11 is 0. The van der Waals surface area contributed by atoms with Crippen LogP contribution in [0, 0.1) is 0 Å². The highest BCUT2D eigenvalue weighted by atomic mass is 16.5. The molecular weight excluding hydrogens is 304 g/mol. The van der Waals surface area contributed by atoms with Crippen molar-refractivity contribution in [3.05, 3.63) is 47.0 Å². The minimum atomic E-state index is -1.23. The van der Waals surface area contributed by atoms with Gasteiger partial charge in [0.15, 0.2) is 0 Å². The summed E-state index contributed by atoms with van der Waals surface area (Å²) in [5.74, 6) is -3.68. The van der Waals surface area contributed by atoms with Gasteiger partial charge in [-0.05, 0) is 37.1 Å². The molecule has 0 amide bonds. The van der Waals surface area contributed by atoms with Crippen molar-refractivity contribution >= 4 is 17.9 Å². The number of aliphatic hydroxyl groups excluding tert-OH is 1. The number of carboxylic acid groups (broad SMARTS) is 2. The van der Waals surface area contributed by atoms with Crippen LogP contribution in [0.15, 0.2) is 30.4 Å². The topological polar surface area (TPSA) is 121 Å². The first-order chi connectivity index (χ1) is 10.8. The number of aliphatic hydroxyl groups is 1. The molecule has 7 nitrogen and oxygen atoms in total. The zero-order valence-corrected chi connectivity index (χ0v) is 12.6. The number of rotatable bonds is 8. The van der Waals surface area contributed by atoms with Crippen LogP contribution < -0.4 is 0 Å². The van der Waals surface area contributed by atoms with Crippen LogP contribution in [0.4, 0.5) is 0 Å². The van der Waals surface area contributed by atoms with E-state index in [1.54, 1.807) is 0 Å². The van der Waals surface area contributed by atoms with E-state index in [2.05, 4.69) is 6.58 Å². The molecule has 0 aliphatic carbocycles. The van der Waals surface area contributed by atoms with Gasteiger partial charge < -0.3 is 20.1 Å². The van der Waals surface area contributed by atoms with Crippen LogP contribution in [-0.2, 0) is 9.53 Å². The highest BCUT2D eigenvalue weighted by molar-refractivity contribution is 5.93. The first kappa shape index (κ1) is 18.4. The predicted octanol–water partition coefficient (Wildman–Crippen LogP) is 1.67. The van der Waals surface area contributed by atoms with Gasteiger partial charge in [-0.15, -0.1) is 0 Å². The zero-order valence-electron chi connectivity index (χ0n) is 12.6. The molecule has 0 heterocycles. The van der Waals surface area contributed by atoms with Gasteiger partial charge in [-0.25, -0.2) is 14.4 Å². The lowest BCUT2D eigenvalue weighted by molar-refractivity contribution is -0.139. The molecule has 0 aliphatic heterocycles. The van der Waals surface area contributed by atoms with E-state index in [9.17, 15) is 24.6 Å². The van der Waals surface area contributed by atoms with Crippen LogP contribution in [0.3, 0.4) is 0 Å². The fourth-order valence-corrected chi connectivity index (χ4v) is 1.99. The molecule has 1 rings (SSSR count). The number of carbonyl (C=O) groups is 3. The van der Waals surface area contributed by atoms with Gasteiger partial charge in [-0.1, -0.05) is 6.58 Å². The first-order valence-electron chi connectivity index (χ1n) is 6.82. The van der Waals surface area contributed by atoms with Crippen molar-refractivity contribution in [2.24, 2.45) is 0 Å². The summed E-state index contributed by atoms with van der Waals surface area (Å²) in [6.45, 7) is 4.47. The van der Waals surface area contributed by atoms with Gasteiger partial charge in [-0.2, -0.15) is 0 Å². The lowest BCUT2D eigenvalue weighted by atomic mass is 9.90. The third kappa shape index (κ3) is 4.93. The number of benzene rings is 1. The molecule has 7 heteroatoms. The molecule has 0 spiro atoms. The minimum absolute atomic E-state index is 0.0483. The molecule has 1 atom stereocenters. The van der Waals surface area contributed by atoms with Crippen molar-refractivity contribution in [3.63, 3.8) is 0 Å². The predicted molar refractivity (Wildman–Crippen MR) is 80.6 cm³/mol. The third-order valence-corrected chi connectivity index (χ3v) is 3.24. The van der Waals surface area contributed by atoms with Crippen molar-refractivity contribution in [2.45, 2.75) is 19.3 Å². The fourth-order valence-electron chi connectivity index (χ4n) is 1.99. The number of hydrogen-bond donors (Lipinski definition) is 3. The maximum Gasteiger partial charge on any atom is 0.335 e. The van der Waals surface area contributed by atoms with Crippen molar-refractivity contribution in [1.29, 1.82) is 0 Å². The lowest BCUT2D eigenvalue weighted by Crippen LogP contribution is -2.16. The molecule has 0 saturated carbocycles. The van der Waals surface area contributed by atoms with Crippen molar-refractivity contribution in [3.8, 4) is 0 Å². The number of aromatic carboxylic acids is 2. The Morgan fingerprint density at radius 3 is 2.35 bits per heavy atom. The minimum Gasteiger partial charge on any atom is -0.478 e. The van der Waals surface area contributed by atoms with Gasteiger partial charge in [0, 0.05) is 11.5 Å². The Kier molecular flexibility index (Phi) is 6.47. The Labute approximate surface area is 132 Å². The van der Waals surface area contributed by atoms with Crippen molar-refractivity contribution < 1.29 is 34.4 Å². The second-order valence-electron chi connectivity index (χ2n) is 5.00. The summed E-state index contributed by atoms with van der Waals surface area (Å²) in [6, 6.07) is 3.59. The van der Waals surface area contributed by atoms with Gasteiger partial charge >= 0.3 is 17.9 Å². The quantitative estimate of drug-likeness (QED) is 0.491. The number of carbonyl (C=O) groups excluding carboxylic acids is 1. The molecule has 3 N–H and O–H groups in total.